The van der Waals surface area contributed by atoms with Gasteiger partial charge < -0.3 is 5.32 Å². The van der Waals surface area contributed by atoms with Crippen molar-refractivity contribution in [3.63, 3.8) is 0 Å². The monoisotopic (exact) mass is 332 g/mol. The highest BCUT2D eigenvalue weighted by molar-refractivity contribution is 5.89. The number of hydrogen-bond donors (Lipinski definition) is 1. The number of fused-ring (bicyclic) bond motifs is 1. The second-order valence-electron chi connectivity index (χ2n) is 7.32. The predicted octanol–water partition coefficient (Wildman–Crippen LogP) is 5.36. The Labute approximate surface area is 152 Å². The number of rotatable bonds is 7. The molecule has 3 aromatic rings. The van der Waals surface area contributed by atoms with E-state index in [1.165, 1.54) is 34.0 Å². The summed E-state index contributed by atoms with van der Waals surface area (Å²) in [5, 5.41) is 5.19. The van der Waals surface area contributed by atoms with Gasteiger partial charge in [0.2, 0.25) is 0 Å². The lowest BCUT2D eigenvalue weighted by atomic mass is 9.72. The van der Waals surface area contributed by atoms with Crippen molar-refractivity contribution in [2.75, 3.05) is 6.54 Å². The molecule has 1 heteroatoms. The van der Waals surface area contributed by atoms with Gasteiger partial charge in [0.1, 0.15) is 5.69 Å². The van der Waals surface area contributed by atoms with Gasteiger partial charge in [0.05, 0.1) is 6.54 Å². The molecule has 0 aliphatic rings. The second-order valence-corrected chi connectivity index (χ2v) is 7.32. The van der Waals surface area contributed by atoms with Crippen LogP contribution >= 0.6 is 0 Å². The zero-order valence-corrected chi connectivity index (χ0v) is 15.8. The van der Waals surface area contributed by atoms with Gasteiger partial charge >= 0.3 is 0 Å². The van der Waals surface area contributed by atoms with Crippen molar-refractivity contribution in [3.05, 3.63) is 77.9 Å². The van der Waals surface area contributed by atoms with E-state index in [0.717, 1.165) is 19.4 Å². The maximum Gasteiger partial charge on any atom is 0.134 e. The zero-order valence-electron chi connectivity index (χ0n) is 15.8. The molecule has 130 valence electrons. The SMILES string of the molecule is CCC[NH2+]c1ccc2ccccc2c1C(C)(CC)Cc1ccccc1. The Morgan fingerprint density at radius 3 is 2.28 bits per heavy atom. The highest BCUT2D eigenvalue weighted by Gasteiger charge is 2.31. The van der Waals surface area contributed by atoms with E-state index in [2.05, 4.69) is 92.8 Å². The molecular formula is C24H30N+. The Bertz CT molecular complexity index is 822. The first kappa shape index (κ1) is 17.7. The summed E-state index contributed by atoms with van der Waals surface area (Å²) in [5.41, 5.74) is 4.48. The van der Waals surface area contributed by atoms with E-state index in [-0.39, 0.29) is 5.41 Å². The molecule has 0 spiro atoms. The molecule has 1 unspecified atom stereocenters. The van der Waals surface area contributed by atoms with Gasteiger partial charge in [-0.3, -0.25) is 0 Å². The van der Waals surface area contributed by atoms with Crippen LogP contribution < -0.4 is 5.32 Å². The second kappa shape index (κ2) is 7.84. The van der Waals surface area contributed by atoms with E-state index in [0.29, 0.717) is 0 Å². The van der Waals surface area contributed by atoms with Crippen LogP contribution in [-0.4, -0.2) is 6.54 Å². The summed E-state index contributed by atoms with van der Waals surface area (Å²) in [6.45, 7) is 8.15. The first-order valence-electron chi connectivity index (χ1n) is 9.57. The lowest BCUT2D eigenvalue weighted by Crippen LogP contribution is -2.78. The normalized spacial score (nSPS) is 13.7. The number of nitrogens with two attached hydrogens (primary N) is 1. The molecule has 0 amide bonds. The fraction of sp³-hybridized carbons (Fsp3) is 0.333. The van der Waals surface area contributed by atoms with E-state index >= 15 is 0 Å². The number of quaternary nitrogens is 1. The minimum atomic E-state index is 0.127. The van der Waals surface area contributed by atoms with Gasteiger partial charge in [-0.1, -0.05) is 75.4 Å². The third kappa shape index (κ3) is 3.77. The van der Waals surface area contributed by atoms with Gasteiger partial charge in [0.25, 0.3) is 0 Å². The molecule has 0 heterocycles. The Morgan fingerprint density at radius 1 is 0.840 bits per heavy atom. The molecule has 2 N–H and O–H groups in total. The zero-order chi connectivity index (χ0) is 17.7. The molecule has 0 aromatic heterocycles. The quantitative estimate of drug-likeness (QED) is 0.561. The van der Waals surface area contributed by atoms with Crippen LogP contribution in [0.5, 0.6) is 0 Å². The van der Waals surface area contributed by atoms with Gasteiger partial charge in [-0.15, -0.1) is 0 Å². The summed E-state index contributed by atoms with van der Waals surface area (Å²) >= 11 is 0. The van der Waals surface area contributed by atoms with E-state index in [1.807, 2.05) is 0 Å². The van der Waals surface area contributed by atoms with Gasteiger partial charge in [0, 0.05) is 11.0 Å². The standard InChI is InChI=1S/C24H29N/c1-4-17-25-22-16-15-20-13-9-10-14-21(20)23(22)24(3,5-2)18-19-11-7-6-8-12-19/h6-16,25H,4-5,17-18H2,1-3H3/p+1. The number of hydrogen-bond acceptors (Lipinski definition) is 0. The summed E-state index contributed by atoms with van der Waals surface area (Å²) in [4.78, 5) is 0. The molecule has 0 aliphatic carbocycles. The summed E-state index contributed by atoms with van der Waals surface area (Å²) in [5.74, 6) is 0. The van der Waals surface area contributed by atoms with Crippen molar-refractivity contribution < 1.29 is 5.32 Å². The number of benzene rings is 3. The van der Waals surface area contributed by atoms with E-state index < -0.39 is 0 Å². The van der Waals surface area contributed by atoms with Crippen LogP contribution in [0.1, 0.15) is 44.7 Å². The van der Waals surface area contributed by atoms with Crippen molar-refractivity contribution in [1.82, 2.24) is 0 Å². The van der Waals surface area contributed by atoms with Crippen LogP contribution in [-0.2, 0) is 11.8 Å². The van der Waals surface area contributed by atoms with Crippen LogP contribution in [0, 0.1) is 0 Å². The van der Waals surface area contributed by atoms with Crippen LogP contribution in [0.25, 0.3) is 10.8 Å². The van der Waals surface area contributed by atoms with Gasteiger partial charge in [-0.05, 0) is 47.7 Å². The van der Waals surface area contributed by atoms with Crippen molar-refractivity contribution in [3.8, 4) is 0 Å². The highest BCUT2D eigenvalue weighted by Crippen LogP contribution is 2.39. The van der Waals surface area contributed by atoms with Crippen LogP contribution in [0.3, 0.4) is 0 Å². The topological polar surface area (TPSA) is 16.6 Å². The Morgan fingerprint density at radius 2 is 1.56 bits per heavy atom. The van der Waals surface area contributed by atoms with Crippen molar-refractivity contribution >= 4 is 16.5 Å². The fourth-order valence-corrected chi connectivity index (χ4v) is 3.87. The largest absolute Gasteiger partial charge is 0.314 e. The maximum absolute atomic E-state index is 2.44. The molecule has 3 aromatic carbocycles. The van der Waals surface area contributed by atoms with Crippen molar-refractivity contribution in [2.24, 2.45) is 0 Å². The Kier molecular flexibility index (Phi) is 5.55. The summed E-state index contributed by atoms with van der Waals surface area (Å²) in [7, 11) is 0. The Hall–Kier alpha value is -2.12. The summed E-state index contributed by atoms with van der Waals surface area (Å²) < 4.78 is 0. The van der Waals surface area contributed by atoms with Crippen LogP contribution in [0.15, 0.2) is 66.7 Å². The molecule has 3 rings (SSSR count). The maximum atomic E-state index is 2.44. The molecule has 1 atom stereocenters. The fourth-order valence-electron chi connectivity index (χ4n) is 3.87. The molecule has 0 saturated heterocycles. The third-order valence-corrected chi connectivity index (χ3v) is 5.44. The highest BCUT2D eigenvalue weighted by atomic mass is 14.9. The van der Waals surface area contributed by atoms with Crippen LogP contribution in [0.2, 0.25) is 0 Å². The lowest BCUT2D eigenvalue weighted by Gasteiger charge is -2.31. The van der Waals surface area contributed by atoms with Gasteiger partial charge in [-0.2, -0.15) is 0 Å². The third-order valence-electron chi connectivity index (χ3n) is 5.44. The van der Waals surface area contributed by atoms with E-state index in [4.69, 9.17) is 0 Å². The molecule has 0 fully saturated rings. The summed E-state index contributed by atoms with van der Waals surface area (Å²) in [6, 6.07) is 24.4. The van der Waals surface area contributed by atoms with E-state index in [1.54, 1.807) is 0 Å². The summed E-state index contributed by atoms with van der Waals surface area (Å²) in [6.07, 6.45) is 3.39. The molecule has 0 radical (unpaired) electrons. The predicted molar refractivity (Wildman–Crippen MR) is 108 cm³/mol. The molecule has 0 bridgehead atoms. The van der Waals surface area contributed by atoms with Crippen molar-refractivity contribution in [2.45, 2.75) is 45.4 Å². The van der Waals surface area contributed by atoms with Crippen molar-refractivity contribution in [1.29, 1.82) is 0 Å². The Balaban J connectivity index is 2.15. The molecule has 1 nitrogen and oxygen atoms in total. The molecular weight excluding hydrogens is 302 g/mol. The average Bonchev–Trinajstić information content (AvgIpc) is 2.66. The smallest absolute Gasteiger partial charge is 0.134 e. The van der Waals surface area contributed by atoms with Crippen LogP contribution in [0.4, 0.5) is 5.69 Å². The minimum Gasteiger partial charge on any atom is -0.314 e. The molecule has 0 aliphatic heterocycles. The van der Waals surface area contributed by atoms with E-state index in [9.17, 15) is 0 Å². The minimum absolute atomic E-state index is 0.127. The molecule has 25 heavy (non-hydrogen) atoms. The molecule has 0 saturated carbocycles. The first-order chi connectivity index (χ1) is 12.2. The first-order valence-corrected chi connectivity index (χ1v) is 9.57. The van der Waals surface area contributed by atoms with Gasteiger partial charge in [-0.25, -0.2) is 0 Å². The van der Waals surface area contributed by atoms with Gasteiger partial charge in [0.15, 0.2) is 0 Å². The lowest BCUT2D eigenvalue weighted by molar-refractivity contribution is -0.572. The average molecular weight is 333 g/mol.